The Morgan fingerprint density at radius 3 is 2.46 bits per heavy atom. The molecule has 3 aromatic carbocycles. The lowest BCUT2D eigenvalue weighted by Gasteiger charge is -2.12. The Morgan fingerprint density at radius 1 is 1.00 bits per heavy atom. The Kier molecular flexibility index (Phi) is 9.73. The number of nitrogens with zero attached hydrogens (tertiary/aromatic N) is 1. The van der Waals surface area contributed by atoms with Crippen LogP contribution in [0.15, 0.2) is 102 Å². The molecular formula is C33H33NO5. The van der Waals surface area contributed by atoms with E-state index in [1.54, 1.807) is 6.08 Å². The molecule has 0 saturated heterocycles. The van der Waals surface area contributed by atoms with Crippen molar-refractivity contribution in [3.8, 4) is 17.2 Å². The maximum absolute atomic E-state index is 12.7. The number of aromatic nitrogens is 1. The number of hydrogen-bond donors (Lipinski definition) is 0. The van der Waals surface area contributed by atoms with Gasteiger partial charge in [-0.15, -0.1) is 6.58 Å². The summed E-state index contributed by atoms with van der Waals surface area (Å²) >= 11 is 0. The number of allylic oxidation sites excluding steroid dienone is 1. The number of carbonyl (C=O) groups excluding carboxylic acids is 1. The van der Waals surface area contributed by atoms with Crippen LogP contribution in [0.2, 0.25) is 0 Å². The molecule has 0 unspecified atom stereocenters. The van der Waals surface area contributed by atoms with E-state index in [-0.39, 0.29) is 12.4 Å². The highest BCUT2D eigenvalue weighted by Gasteiger charge is 2.15. The number of hydrogen-bond acceptors (Lipinski definition) is 6. The monoisotopic (exact) mass is 523 g/mol. The summed E-state index contributed by atoms with van der Waals surface area (Å²) in [4.78, 5) is 17.4. The highest BCUT2D eigenvalue weighted by atomic mass is 16.6. The first kappa shape index (κ1) is 27.5. The second kappa shape index (κ2) is 13.8. The molecule has 1 aromatic heterocycles. The molecule has 0 N–H and O–H groups in total. The van der Waals surface area contributed by atoms with Crippen molar-refractivity contribution in [3.63, 3.8) is 0 Å². The first-order valence-electron chi connectivity index (χ1n) is 13.0. The van der Waals surface area contributed by atoms with Gasteiger partial charge in [0.05, 0.1) is 18.9 Å². The van der Waals surface area contributed by atoms with Crippen molar-refractivity contribution in [2.24, 2.45) is 0 Å². The van der Waals surface area contributed by atoms with Crippen molar-refractivity contribution in [2.75, 3.05) is 13.2 Å². The quantitative estimate of drug-likeness (QED) is 0.0804. The van der Waals surface area contributed by atoms with Crippen LogP contribution in [0.5, 0.6) is 5.75 Å². The molecule has 200 valence electrons. The summed E-state index contributed by atoms with van der Waals surface area (Å²) in [5.41, 5.74) is 4.48. The molecule has 0 saturated carbocycles. The van der Waals surface area contributed by atoms with Gasteiger partial charge in [0.15, 0.2) is 0 Å². The third-order valence-electron chi connectivity index (χ3n) is 5.97. The van der Waals surface area contributed by atoms with Crippen molar-refractivity contribution >= 4 is 12.0 Å². The number of aryl methyl sites for hydroxylation is 1. The Bertz CT molecular complexity index is 1410. The highest BCUT2D eigenvalue weighted by Crippen LogP contribution is 2.25. The van der Waals surface area contributed by atoms with E-state index < -0.39 is 5.97 Å². The molecule has 0 aliphatic carbocycles. The first-order valence-corrected chi connectivity index (χ1v) is 13.0. The number of benzene rings is 3. The lowest BCUT2D eigenvalue weighted by Crippen LogP contribution is -2.11. The SMILES string of the molecule is C=CCc1cc(/C=C(\OCC)C(=O)OCc2ccccc2)ccc1OCCc1nc(-c2ccccc2)oc1C. The lowest BCUT2D eigenvalue weighted by atomic mass is 10.1. The predicted molar refractivity (Wildman–Crippen MR) is 152 cm³/mol. The summed E-state index contributed by atoms with van der Waals surface area (Å²) in [7, 11) is 0. The molecule has 0 aliphatic heterocycles. The maximum Gasteiger partial charge on any atom is 0.373 e. The number of ether oxygens (including phenoxy) is 3. The molecule has 39 heavy (non-hydrogen) atoms. The van der Waals surface area contributed by atoms with Crippen LogP contribution in [0.1, 0.15) is 35.1 Å². The minimum Gasteiger partial charge on any atom is -0.493 e. The van der Waals surface area contributed by atoms with Crippen LogP contribution in [0, 0.1) is 6.92 Å². The van der Waals surface area contributed by atoms with E-state index in [0.717, 1.165) is 39.5 Å². The van der Waals surface area contributed by atoms with Gasteiger partial charge in [-0.1, -0.05) is 60.7 Å². The van der Waals surface area contributed by atoms with Gasteiger partial charge in [-0.05, 0) is 67.3 Å². The minimum absolute atomic E-state index is 0.155. The normalized spacial score (nSPS) is 11.2. The van der Waals surface area contributed by atoms with Gasteiger partial charge < -0.3 is 18.6 Å². The third kappa shape index (κ3) is 7.71. The summed E-state index contributed by atoms with van der Waals surface area (Å²) < 4.78 is 23.1. The third-order valence-corrected chi connectivity index (χ3v) is 5.97. The van der Waals surface area contributed by atoms with E-state index in [2.05, 4.69) is 11.6 Å². The molecule has 6 heteroatoms. The van der Waals surface area contributed by atoms with E-state index in [4.69, 9.17) is 18.6 Å². The van der Waals surface area contributed by atoms with Gasteiger partial charge in [-0.3, -0.25) is 0 Å². The van der Waals surface area contributed by atoms with Crippen molar-refractivity contribution < 1.29 is 23.4 Å². The fourth-order valence-corrected chi connectivity index (χ4v) is 4.03. The van der Waals surface area contributed by atoms with Crippen LogP contribution in [-0.2, 0) is 33.7 Å². The summed E-state index contributed by atoms with van der Waals surface area (Å²) in [6.45, 7) is 8.59. The van der Waals surface area contributed by atoms with Crippen LogP contribution in [0.4, 0.5) is 0 Å². The number of esters is 1. The number of oxazole rings is 1. The van der Waals surface area contributed by atoms with Crippen LogP contribution in [0.3, 0.4) is 0 Å². The standard InChI is InChI=1S/C33H33NO5/c1-4-12-28-21-26(22-31(36-5-2)33(35)38-23-25-13-8-6-9-14-25)17-18-30(28)37-20-19-29-24(3)39-32(34-29)27-15-10-7-11-16-27/h4,6-11,13-18,21-22H,1,5,12,19-20,23H2,2-3H3/b31-22-. The van der Waals surface area contributed by atoms with Crippen LogP contribution in [0.25, 0.3) is 17.5 Å². The first-order chi connectivity index (χ1) is 19.1. The van der Waals surface area contributed by atoms with E-state index in [9.17, 15) is 4.79 Å². The van der Waals surface area contributed by atoms with E-state index in [0.29, 0.717) is 31.9 Å². The molecule has 4 rings (SSSR count). The zero-order valence-corrected chi connectivity index (χ0v) is 22.4. The van der Waals surface area contributed by atoms with Gasteiger partial charge in [-0.2, -0.15) is 0 Å². The van der Waals surface area contributed by atoms with Crippen LogP contribution < -0.4 is 4.74 Å². The second-order valence-corrected chi connectivity index (χ2v) is 8.85. The molecule has 4 aromatic rings. The summed E-state index contributed by atoms with van der Waals surface area (Å²) in [6, 6.07) is 25.1. The van der Waals surface area contributed by atoms with Gasteiger partial charge in [-0.25, -0.2) is 9.78 Å². The second-order valence-electron chi connectivity index (χ2n) is 8.85. The topological polar surface area (TPSA) is 70.8 Å². The molecule has 0 atom stereocenters. The molecule has 0 fully saturated rings. The molecule has 0 spiro atoms. The predicted octanol–water partition coefficient (Wildman–Crippen LogP) is 7.12. The van der Waals surface area contributed by atoms with E-state index in [1.165, 1.54) is 0 Å². The van der Waals surface area contributed by atoms with Crippen LogP contribution in [-0.4, -0.2) is 24.2 Å². The number of rotatable bonds is 13. The number of carbonyl (C=O) groups is 1. The van der Waals surface area contributed by atoms with Crippen molar-refractivity contribution in [1.82, 2.24) is 4.98 Å². The summed E-state index contributed by atoms with van der Waals surface area (Å²) in [6.07, 6.45) is 4.73. The summed E-state index contributed by atoms with van der Waals surface area (Å²) in [5, 5.41) is 0. The van der Waals surface area contributed by atoms with Gasteiger partial charge in [0, 0.05) is 12.0 Å². The molecule has 0 amide bonds. The smallest absolute Gasteiger partial charge is 0.373 e. The Labute approximate surface area is 229 Å². The zero-order valence-electron chi connectivity index (χ0n) is 22.4. The van der Waals surface area contributed by atoms with Crippen LogP contribution >= 0.6 is 0 Å². The zero-order chi connectivity index (χ0) is 27.5. The van der Waals surface area contributed by atoms with E-state index >= 15 is 0 Å². The Hall–Kier alpha value is -4.58. The molecule has 0 radical (unpaired) electrons. The largest absolute Gasteiger partial charge is 0.493 e. The highest BCUT2D eigenvalue weighted by molar-refractivity contribution is 5.91. The average Bonchev–Trinajstić information content (AvgIpc) is 3.34. The van der Waals surface area contributed by atoms with Gasteiger partial charge >= 0.3 is 5.97 Å². The Morgan fingerprint density at radius 2 is 1.74 bits per heavy atom. The minimum atomic E-state index is -0.510. The summed E-state index contributed by atoms with van der Waals surface area (Å²) in [5.74, 6) is 1.79. The molecule has 6 nitrogen and oxygen atoms in total. The fraction of sp³-hybridized carbons (Fsp3) is 0.212. The van der Waals surface area contributed by atoms with Crippen molar-refractivity contribution in [1.29, 1.82) is 0 Å². The van der Waals surface area contributed by atoms with Crippen molar-refractivity contribution in [2.45, 2.75) is 33.3 Å². The average molecular weight is 524 g/mol. The van der Waals surface area contributed by atoms with Crippen molar-refractivity contribution in [3.05, 3.63) is 125 Å². The van der Waals surface area contributed by atoms with E-state index in [1.807, 2.05) is 98.8 Å². The maximum atomic E-state index is 12.7. The Balaban J connectivity index is 1.43. The molecule has 0 bridgehead atoms. The fourth-order valence-electron chi connectivity index (χ4n) is 4.03. The lowest BCUT2D eigenvalue weighted by molar-refractivity contribution is -0.144. The molecule has 1 heterocycles. The molecular weight excluding hydrogens is 490 g/mol. The van der Waals surface area contributed by atoms with Gasteiger partial charge in [0.25, 0.3) is 0 Å². The van der Waals surface area contributed by atoms with Gasteiger partial charge in [0.2, 0.25) is 11.6 Å². The van der Waals surface area contributed by atoms with Gasteiger partial charge in [0.1, 0.15) is 18.1 Å². The molecule has 0 aliphatic rings.